The highest BCUT2D eigenvalue weighted by Crippen LogP contribution is 2.60. The Morgan fingerprint density at radius 3 is 2.20 bits per heavy atom. The first kappa shape index (κ1) is 23.6. The molecule has 188 valence electrons. The monoisotopic (exact) mass is 515 g/mol. The Hall–Kier alpha value is -1.84. The molecule has 4 bridgehead atoms. The van der Waals surface area contributed by atoms with E-state index in [1.807, 2.05) is 0 Å². The van der Waals surface area contributed by atoms with Crippen molar-refractivity contribution in [2.45, 2.75) is 60.5 Å². The molecule has 9 heteroatoms. The summed E-state index contributed by atoms with van der Waals surface area (Å²) in [4.78, 5) is 25.1. The number of fused-ring (bicyclic) bond motifs is 1. The topological polar surface area (TPSA) is 95.6 Å². The van der Waals surface area contributed by atoms with Crippen LogP contribution in [0.2, 0.25) is 0 Å². The molecule has 2 saturated heterocycles. The molecule has 1 aromatic carbocycles. The quantitative estimate of drug-likeness (QED) is 0.565. The van der Waals surface area contributed by atoms with E-state index >= 15 is 0 Å². The Morgan fingerprint density at radius 1 is 1.00 bits per heavy atom. The van der Waals surface area contributed by atoms with Crippen molar-refractivity contribution in [3.8, 4) is 0 Å². The molecule has 2 amide bonds. The standard InChI is InChI=1S/C26H33N3O4S2/c1-2-23(30)28-24-10-19-14-29(15-22(19)34-24)35(32,33)21-5-3-20(4-6-21)27-25(31)26-11-16-7-17(12-26)9-18(8-16)13-26/h2-6,16-19,22,24H,1,7-15H2,(H,27,31)(H,28,30). The zero-order valence-electron chi connectivity index (χ0n) is 19.8. The normalized spacial score (nSPS) is 37.7. The van der Waals surface area contributed by atoms with Gasteiger partial charge in [-0.2, -0.15) is 4.31 Å². The lowest BCUT2D eigenvalue weighted by Crippen LogP contribution is -2.51. The van der Waals surface area contributed by atoms with E-state index in [2.05, 4.69) is 17.2 Å². The average Bonchev–Trinajstić information content (AvgIpc) is 3.38. The largest absolute Gasteiger partial charge is 0.341 e. The maximum absolute atomic E-state index is 13.3. The molecule has 3 unspecified atom stereocenters. The van der Waals surface area contributed by atoms with Gasteiger partial charge in [-0.05, 0) is 99.0 Å². The third kappa shape index (κ3) is 4.23. The van der Waals surface area contributed by atoms with Gasteiger partial charge in [0.25, 0.3) is 0 Å². The predicted molar refractivity (Wildman–Crippen MR) is 136 cm³/mol. The molecule has 35 heavy (non-hydrogen) atoms. The number of rotatable bonds is 6. The number of hydrogen-bond donors (Lipinski definition) is 2. The molecule has 6 aliphatic rings. The van der Waals surface area contributed by atoms with E-state index in [0.717, 1.165) is 25.7 Å². The molecule has 4 saturated carbocycles. The molecule has 7 rings (SSSR count). The van der Waals surface area contributed by atoms with Crippen molar-refractivity contribution >= 4 is 39.3 Å². The summed E-state index contributed by atoms with van der Waals surface area (Å²) in [7, 11) is -3.60. The van der Waals surface area contributed by atoms with E-state index in [-0.39, 0.29) is 38.7 Å². The van der Waals surface area contributed by atoms with Gasteiger partial charge in [-0.1, -0.05) is 6.58 Å². The number of hydrogen-bond acceptors (Lipinski definition) is 5. The molecule has 2 heterocycles. The maximum atomic E-state index is 13.3. The molecule has 1 aromatic rings. The molecule has 4 aliphatic carbocycles. The van der Waals surface area contributed by atoms with Gasteiger partial charge in [0, 0.05) is 24.0 Å². The first-order chi connectivity index (χ1) is 16.7. The van der Waals surface area contributed by atoms with Gasteiger partial charge >= 0.3 is 0 Å². The SMILES string of the molecule is C=CC(=O)NC1CC2CN(S(=O)(=O)c3ccc(NC(=O)C45CC6CC(CC(C6)C4)C5)cc3)CC2S1. The summed E-state index contributed by atoms with van der Waals surface area (Å²) in [6, 6.07) is 6.66. The maximum Gasteiger partial charge on any atom is 0.244 e. The molecule has 3 atom stereocenters. The van der Waals surface area contributed by atoms with Crippen molar-refractivity contribution in [1.82, 2.24) is 9.62 Å². The molecule has 2 aliphatic heterocycles. The van der Waals surface area contributed by atoms with E-state index in [4.69, 9.17) is 0 Å². The lowest BCUT2D eigenvalue weighted by atomic mass is 9.49. The highest BCUT2D eigenvalue weighted by molar-refractivity contribution is 8.00. The van der Waals surface area contributed by atoms with Crippen LogP contribution in [0.25, 0.3) is 0 Å². The lowest BCUT2D eigenvalue weighted by Gasteiger charge is -2.55. The zero-order chi connectivity index (χ0) is 24.4. The number of amides is 2. The average molecular weight is 516 g/mol. The van der Waals surface area contributed by atoms with E-state index in [9.17, 15) is 18.0 Å². The Morgan fingerprint density at radius 2 is 1.63 bits per heavy atom. The number of anilines is 1. The minimum atomic E-state index is -3.60. The van der Waals surface area contributed by atoms with Gasteiger partial charge in [0.05, 0.1) is 15.7 Å². The van der Waals surface area contributed by atoms with Gasteiger partial charge in [-0.3, -0.25) is 9.59 Å². The van der Waals surface area contributed by atoms with Crippen LogP contribution in [0.1, 0.15) is 44.9 Å². The van der Waals surface area contributed by atoms with Crippen LogP contribution >= 0.6 is 11.8 Å². The van der Waals surface area contributed by atoms with E-state index in [1.54, 1.807) is 40.3 Å². The van der Waals surface area contributed by atoms with E-state index < -0.39 is 10.0 Å². The van der Waals surface area contributed by atoms with Crippen LogP contribution in [-0.2, 0) is 19.6 Å². The molecule has 0 spiro atoms. The highest BCUT2D eigenvalue weighted by Gasteiger charge is 2.54. The molecule has 7 nitrogen and oxygen atoms in total. The van der Waals surface area contributed by atoms with Crippen molar-refractivity contribution < 1.29 is 18.0 Å². The summed E-state index contributed by atoms with van der Waals surface area (Å²) < 4.78 is 28.1. The van der Waals surface area contributed by atoms with Gasteiger partial charge < -0.3 is 10.6 Å². The fraction of sp³-hybridized carbons (Fsp3) is 0.615. The van der Waals surface area contributed by atoms with Gasteiger partial charge in [-0.25, -0.2) is 8.42 Å². The summed E-state index contributed by atoms with van der Waals surface area (Å²) in [5, 5.41) is 6.21. The minimum absolute atomic E-state index is 0.0113. The fourth-order valence-corrected chi connectivity index (χ4v) is 11.0. The highest BCUT2D eigenvalue weighted by atomic mass is 32.2. The smallest absolute Gasteiger partial charge is 0.244 e. The third-order valence-corrected chi connectivity index (χ3v) is 12.3. The van der Waals surface area contributed by atoms with E-state index in [0.29, 0.717) is 36.5 Å². The summed E-state index contributed by atoms with van der Waals surface area (Å²) in [6.07, 6.45) is 8.91. The van der Waals surface area contributed by atoms with Crippen molar-refractivity contribution in [3.05, 3.63) is 36.9 Å². The number of nitrogens with zero attached hydrogens (tertiary/aromatic N) is 1. The van der Waals surface area contributed by atoms with Crippen molar-refractivity contribution in [1.29, 1.82) is 0 Å². The second-order valence-electron chi connectivity index (χ2n) is 11.4. The summed E-state index contributed by atoms with van der Waals surface area (Å²) in [5.74, 6) is 2.25. The van der Waals surface area contributed by atoms with E-state index in [1.165, 1.54) is 25.3 Å². The fourth-order valence-electron chi connectivity index (χ4n) is 7.74. The number of carbonyl (C=O) groups is 2. The van der Waals surface area contributed by atoms with Gasteiger partial charge in [-0.15, -0.1) is 11.8 Å². The second-order valence-corrected chi connectivity index (χ2v) is 14.8. The first-order valence-corrected chi connectivity index (χ1v) is 15.1. The molecule has 0 aromatic heterocycles. The molecule has 0 radical (unpaired) electrons. The number of sulfonamides is 1. The number of carbonyl (C=O) groups excluding carboxylic acids is 2. The Kier molecular flexibility index (Phi) is 5.81. The van der Waals surface area contributed by atoms with Crippen LogP contribution in [-0.4, -0.2) is 48.3 Å². The van der Waals surface area contributed by atoms with Crippen LogP contribution in [0.4, 0.5) is 5.69 Å². The third-order valence-electron chi connectivity index (χ3n) is 8.96. The molecule has 6 fully saturated rings. The Bertz CT molecular complexity index is 1100. The molecular weight excluding hydrogens is 482 g/mol. The summed E-state index contributed by atoms with van der Waals surface area (Å²) in [6.45, 7) is 4.39. The van der Waals surface area contributed by atoms with Crippen LogP contribution in [0.3, 0.4) is 0 Å². The zero-order valence-corrected chi connectivity index (χ0v) is 21.5. The number of nitrogens with one attached hydrogen (secondary N) is 2. The van der Waals surface area contributed by atoms with Crippen molar-refractivity contribution in [3.63, 3.8) is 0 Å². The Balaban J connectivity index is 1.09. The molecule has 2 N–H and O–H groups in total. The number of benzene rings is 1. The lowest BCUT2D eigenvalue weighted by molar-refractivity contribution is -0.140. The van der Waals surface area contributed by atoms with Gasteiger partial charge in [0.2, 0.25) is 21.8 Å². The number of thioether (sulfide) groups is 1. The van der Waals surface area contributed by atoms with Gasteiger partial charge in [0.15, 0.2) is 0 Å². The Labute approximate surface area is 211 Å². The van der Waals surface area contributed by atoms with Crippen LogP contribution in [0.15, 0.2) is 41.8 Å². The van der Waals surface area contributed by atoms with Crippen molar-refractivity contribution in [2.75, 3.05) is 18.4 Å². The predicted octanol–water partition coefficient (Wildman–Crippen LogP) is 3.60. The van der Waals surface area contributed by atoms with Crippen LogP contribution in [0.5, 0.6) is 0 Å². The first-order valence-electron chi connectivity index (χ1n) is 12.7. The van der Waals surface area contributed by atoms with Crippen LogP contribution in [0, 0.1) is 29.1 Å². The summed E-state index contributed by atoms with van der Waals surface area (Å²) in [5.41, 5.74) is 0.437. The van der Waals surface area contributed by atoms with Crippen LogP contribution < -0.4 is 10.6 Å². The molecular formula is C26H33N3O4S2. The van der Waals surface area contributed by atoms with Crippen molar-refractivity contribution in [2.24, 2.45) is 29.1 Å². The minimum Gasteiger partial charge on any atom is -0.341 e. The summed E-state index contributed by atoms with van der Waals surface area (Å²) >= 11 is 1.64. The second kappa shape index (κ2) is 8.63. The van der Waals surface area contributed by atoms with Gasteiger partial charge in [0.1, 0.15) is 0 Å².